The summed E-state index contributed by atoms with van der Waals surface area (Å²) in [7, 11) is 1.86. The van der Waals surface area contributed by atoms with Crippen LogP contribution in [0.25, 0.3) is 0 Å². The average Bonchev–Trinajstić information content (AvgIpc) is 2.48. The zero-order valence-electron chi connectivity index (χ0n) is 11.1. The van der Waals surface area contributed by atoms with Gasteiger partial charge in [-0.3, -0.25) is 0 Å². The van der Waals surface area contributed by atoms with Gasteiger partial charge in [0.25, 0.3) is 0 Å². The first-order valence-corrected chi connectivity index (χ1v) is 6.75. The third-order valence-corrected chi connectivity index (χ3v) is 3.58. The fraction of sp³-hybridized carbons (Fsp3) is 0.312. The molecule has 2 aromatic rings. The van der Waals surface area contributed by atoms with Crippen molar-refractivity contribution < 1.29 is 4.74 Å². The summed E-state index contributed by atoms with van der Waals surface area (Å²) < 4.78 is 6.14. The van der Waals surface area contributed by atoms with Crippen LogP contribution >= 0.6 is 0 Å². The van der Waals surface area contributed by atoms with Crippen molar-refractivity contribution in [1.82, 2.24) is 4.98 Å². The Morgan fingerprint density at radius 3 is 3.05 bits per heavy atom. The predicted octanol–water partition coefficient (Wildman–Crippen LogP) is 3.58. The van der Waals surface area contributed by atoms with Crippen molar-refractivity contribution in [2.24, 2.45) is 0 Å². The van der Waals surface area contributed by atoms with Crippen molar-refractivity contribution in [3.63, 3.8) is 0 Å². The molecule has 98 valence electrons. The van der Waals surface area contributed by atoms with Crippen molar-refractivity contribution >= 4 is 5.82 Å². The normalized spacial score (nSPS) is 17.6. The molecule has 1 unspecified atom stereocenters. The molecular weight excluding hydrogens is 236 g/mol. The fourth-order valence-electron chi connectivity index (χ4n) is 2.62. The smallest absolute Gasteiger partial charge is 0.129 e. The number of ether oxygens (including phenoxy) is 1. The summed E-state index contributed by atoms with van der Waals surface area (Å²) in [6.45, 7) is 0. The topological polar surface area (TPSA) is 34.1 Å². The molecule has 1 heterocycles. The third kappa shape index (κ3) is 2.55. The fourth-order valence-corrected chi connectivity index (χ4v) is 2.62. The van der Waals surface area contributed by atoms with E-state index in [1.165, 1.54) is 17.5 Å². The number of rotatable bonds is 3. The Bertz CT molecular complexity index is 568. The Balaban J connectivity index is 1.84. The van der Waals surface area contributed by atoms with Crippen molar-refractivity contribution in [2.75, 3.05) is 12.4 Å². The molecule has 0 bridgehead atoms. The molecule has 1 atom stereocenters. The molecule has 1 aliphatic rings. The quantitative estimate of drug-likeness (QED) is 0.909. The first-order chi connectivity index (χ1) is 9.36. The number of anilines is 1. The summed E-state index contributed by atoms with van der Waals surface area (Å²) >= 11 is 0. The largest absolute Gasteiger partial charge is 0.486 e. The van der Waals surface area contributed by atoms with Gasteiger partial charge in [-0.2, -0.15) is 0 Å². The van der Waals surface area contributed by atoms with Crippen LogP contribution in [-0.2, 0) is 6.42 Å². The van der Waals surface area contributed by atoms with Crippen molar-refractivity contribution in [3.05, 3.63) is 53.7 Å². The summed E-state index contributed by atoms with van der Waals surface area (Å²) in [6, 6.07) is 12.4. The van der Waals surface area contributed by atoms with E-state index in [0.29, 0.717) is 0 Å². The van der Waals surface area contributed by atoms with Crippen LogP contribution in [0.1, 0.15) is 30.1 Å². The van der Waals surface area contributed by atoms with E-state index in [2.05, 4.69) is 34.6 Å². The van der Waals surface area contributed by atoms with Crippen LogP contribution in [0.2, 0.25) is 0 Å². The van der Waals surface area contributed by atoms with Gasteiger partial charge in [0.2, 0.25) is 0 Å². The number of pyridine rings is 1. The Labute approximate surface area is 113 Å². The van der Waals surface area contributed by atoms with Gasteiger partial charge >= 0.3 is 0 Å². The molecule has 1 N–H and O–H groups in total. The first-order valence-electron chi connectivity index (χ1n) is 6.75. The highest BCUT2D eigenvalue weighted by Crippen LogP contribution is 2.33. The van der Waals surface area contributed by atoms with E-state index in [1.807, 2.05) is 19.2 Å². The lowest BCUT2D eigenvalue weighted by molar-refractivity contribution is 0.183. The van der Waals surface area contributed by atoms with Gasteiger partial charge in [0, 0.05) is 19.3 Å². The summed E-state index contributed by atoms with van der Waals surface area (Å²) in [4.78, 5) is 4.20. The van der Waals surface area contributed by atoms with Gasteiger partial charge in [-0.25, -0.2) is 4.98 Å². The minimum atomic E-state index is 0.164. The van der Waals surface area contributed by atoms with Crippen LogP contribution in [0.5, 0.6) is 5.75 Å². The monoisotopic (exact) mass is 254 g/mol. The molecule has 0 fully saturated rings. The Morgan fingerprint density at radius 1 is 1.26 bits per heavy atom. The molecule has 3 nitrogen and oxygen atoms in total. The van der Waals surface area contributed by atoms with Crippen LogP contribution in [-0.4, -0.2) is 12.0 Å². The average molecular weight is 254 g/mol. The van der Waals surface area contributed by atoms with Crippen LogP contribution in [0, 0.1) is 0 Å². The number of aryl methyl sites for hydroxylation is 1. The SMILES string of the molecule is CNc1cc(OC2CCCc3ccccc32)ccn1. The molecule has 0 aliphatic heterocycles. The molecule has 0 amide bonds. The predicted molar refractivity (Wildman–Crippen MR) is 76.5 cm³/mol. The second-order valence-electron chi connectivity index (χ2n) is 4.82. The standard InChI is InChI=1S/C16H18N2O/c1-17-16-11-13(9-10-18-16)19-15-8-4-6-12-5-2-3-7-14(12)15/h2-3,5,7,9-11,15H,4,6,8H2,1H3,(H,17,18). The summed E-state index contributed by atoms with van der Waals surface area (Å²) in [5.41, 5.74) is 2.75. The van der Waals surface area contributed by atoms with Crippen molar-refractivity contribution in [2.45, 2.75) is 25.4 Å². The van der Waals surface area contributed by atoms with E-state index in [4.69, 9.17) is 4.74 Å². The van der Waals surface area contributed by atoms with E-state index in [-0.39, 0.29) is 6.10 Å². The van der Waals surface area contributed by atoms with Gasteiger partial charge in [0.1, 0.15) is 17.7 Å². The third-order valence-electron chi connectivity index (χ3n) is 3.58. The molecule has 0 saturated carbocycles. The number of aromatic nitrogens is 1. The van der Waals surface area contributed by atoms with E-state index >= 15 is 0 Å². The van der Waals surface area contributed by atoms with E-state index in [9.17, 15) is 0 Å². The summed E-state index contributed by atoms with van der Waals surface area (Å²) in [6.07, 6.45) is 5.36. The van der Waals surface area contributed by atoms with Gasteiger partial charge in [0.15, 0.2) is 0 Å². The molecule has 0 radical (unpaired) electrons. The van der Waals surface area contributed by atoms with Crippen LogP contribution in [0.15, 0.2) is 42.6 Å². The second kappa shape index (κ2) is 5.31. The Morgan fingerprint density at radius 2 is 2.16 bits per heavy atom. The van der Waals surface area contributed by atoms with Gasteiger partial charge < -0.3 is 10.1 Å². The van der Waals surface area contributed by atoms with E-state index in [1.54, 1.807) is 6.20 Å². The number of hydrogen-bond acceptors (Lipinski definition) is 3. The molecule has 0 saturated heterocycles. The number of nitrogens with one attached hydrogen (secondary N) is 1. The number of fused-ring (bicyclic) bond motifs is 1. The van der Waals surface area contributed by atoms with Gasteiger partial charge in [-0.05, 0) is 36.5 Å². The molecule has 1 aliphatic carbocycles. The number of benzene rings is 1. The molecular formula is C16H18N2O. The lowest BCUT2D eigenvalue weighted by Gasteiger charge is -2.26. The van der Waals surface area contributed by atoms with Gasteiger partial charge in [0.05, 0.1) is 0 Å². The molecule has 1 aromatic carbocycles. The Kier molecular flexibility index (Phi) is 3.36. The zero-order valence-corrected chi connectivity index (χ0v) is 11.1. The van der Waals surface area contributed by atoms with E-state index < -0.39 is 0 Å². The highest BCUT2D eigenvalue weighted by atomic mass is 16.5. The second-order valence-corrected chi connectivity index (χ2v) is 4.82. The minimum Gasteiger partial charge on any atom is -0.486 e. The zero-order chi connectivity index (χ0) is 13.1. The van der Waals surface area contributed by atoms with Gasteiger partial charge in [-0.1, -0.05) is 24.3 Å². The minimum absolute atomic E-state index is 0.164. The van der Waals surface area contributed by atoms with Crippen LogP contribution < -0.4 is 10.1 Å². The maximum atomic E-state index is 6.14. The van der Waals surface area contributed by atoms with E-state index in [0.717, 1.165) is 24.4 Å². The highest BCUT2D eigenvalue weighted by molar-refractivity contribution is 5.40. The highest BCUT2D eigenvalue weighted by Gasteiger charge is 2.21. The number of hydrogen-bond donors (Lipinski definition) is 1. The summed E-state index contributed by atoms with van der Waals surface area (Å²) in [5, 5.41) is 3.03. The first kappa shape index (κ1) is 12.0. The van der Waals surface area contributed by atoms with Crippen LogP contribution in [0.3, 0.4) is 0 Å². The maximum absolute atomic E-state index is 6.14. The molecule has 3 heteroatoms. The van der Waals surface area contributed by atoms with Crippen molar-refractivity contribution in [3.8, 4) is 5.75 Å². The lowest BCUT2D eigenvalue weighted by Crippen LogP contribution is -2.15. The molecule has 3 rings (SSSR count). The maximum Gasteiger partial charge on any atom is 0.129 e. The molecule has 1 aromatic heterocycles. The number of nitrogens with zero attached hydrogens (tertiary/aromatic N) is 1. The van der Waals surface area contributed by atoms with Crippen molar-refractivity contribution in [1.29, 1.82) is 0 Å². The Hall–Kier alpha value is -2.03. The van der Waals surface area contributed by atoms with Gasteiger partial charge in [-0.15, -0.1) is 0 Å². The lowest BCUT2D eigenvalue weighted by atomic mass is 9.89. The summed E-state index contributed by atoms with van der Waals surface area (Å²) in [5.74, 6) is 1.71. The van der Waals surface area contributed by atoms with Crippen LogP contribution in [0.4, 0.5) is 5.82 Å². The molecule has 19 heavy (non-hydrogen) atoms. The molecule has 0 spiro atoms.